The van der Waals surface area contributed by atoms with Crippen molar-refractivity contribution < 1.29 is 9.63 Å². The Kier molecular flexibility index (Phi) is 4.07. The second-order valence-electron chi connectivity index (χ2n) is 3.78. The summed E-state index contributed by atoms with van der Waals surface area (Å²) < 4.78 is 5.03. The molecule has 2 rings (SSSR count). The molecule has 1 aromatic heterocycles. The van der Waals surface area contributed by atoms with Gasteiger partial charge in [-0.1, -0.05) is 12.1 Å². The zero-order chi connectivity index (χ0) is 10.1. The Hall–Kier alpha value is -0.650. The average Bonchev–Trinajstić information content (AvgIpc) is 2.94. The van der Waals surface area contributed by atoms with Crippen LogP contribution in [0.15, 0.2) is 4.52 Å². The minimum Gasteiger partial charge on any atom is -0.383 e. The molecule has 6 heteroatoms. The first-order chi connectivity index (χ1) is 6.72. The number of aliphatic hydroxyl groups excluding tert-OH is 1. The molecule has 0 saturated heterocycles. The number of aliphatic hydroxyl groups is 1. The van der Waals surface area contributed by atoms with Crippen LogP contribution in [0.1, 0.15) is 49.9 Å². The van der Waals surface area contributed by atoms with Crippen LogP contribution in [-0.4, -0.2) is 21.3 Å². The van der Waals surface area contributed by atoms with E-state index in [4.69, 9.17) is 10.3 Å². The van der Waals surface area contributed by atoms with Gasteiger partial charge in [-0.2, -0.15) is 4.98 Å². The molecule has 1 heterocycles. The van der Waals surface area contributed by atoms with Crippen LogP contribution in [0, 0.1) is 0 Å². The van der Waals surface area contributed by atoms with Crippen LogP contribution in [0.4, 0.5) is 0 Å². The number of nitrogens with two attached hydrogens (primary N) is 1. The normalized spacial score (nSPS) is 19.4. The lowest BCUT2D eigenvalue weighted by atomic mass is 10.1. The van der Waals surface area contributed by atoms with Crippen LogP contribution < -0.4 is 5.73 Å². The Balaban J connectivity index is 0.00000112. The molecule has 0 spiro atoms. The van der Waals surface area contributed by atoms with Crippen LogP contribution in [0.3, 0.4) is 0 Å². The second-order valence-corrected chi connectivity index (χ2v) is 3.78. The van der Waals surface area contributed by atoms with Gasteiger partial charge in [-0.05, 0) is 19.3 Å². The molecule has 5 nitrogen and oxygen atoms in total. The summed E-state index contributed by atoms with van der Waals surface area (Å²) >= 11 is 0. The monoisotopic (exact) mass is 233 g/mol. The SMILES string of the molecule is CC[C@H](N)C(O)c1noc(C2CC2)n1.Cl. The van der Waals surface area contributed by atoms with Crippen molar-refractivity contribution in [3.05, 3.63) is 11.7 Å². The van der Waals surface area contributed by atoms with Crippen molar-refractivity contribution in [2.75, 3.05) is 0 Å². The number of rotatable bonds is 4. The number of nitrogens with zero attached hydrogens (tertiary/aromatic N) is 2. The van der Waals surface area contributed by atoms with Crippen molar-refractivity contribution in [2.45, 2.75) is 44.2 Å². The van der Waals surface area contributed by atoms with E-state index in [0.717, 1.165) is 12.8 Å². The van der Waals surface area contributed by atoms with Gasteiger partial charge in [0.05, 0.1) is 0 Å². The zero-order valence-electron chi connectivity index (χ0n) is 8.59. The predicted octanol–water partition coefficient (Wildman–Crippen LogP) is 1.14. The first kappa shape index (κ1) is 12.4. The number of aromatic nitrogens is 2. The molecular formula is C9H16ClN3O2. The Morgan fingerprint density at radius 2 is 2.27 bits per heavy atom. The molecule has 15 heavy (non-hydrogen) atoms. The lowest BCUT2D eigenvalue weighted by Crippen LogP contribution is -2.28. The van der Waals surface area contributed by atoms with Crippen molar-refractivity contribution in [2.24, 2.45) is 5.73 Å². The molecule has 1 saturated carbocycles. The summed E-state index contributed by atoms with van der Waals surface area (Å²) in [6, 6.07) is -0.320. The highest BCUT2D eigenvalue weighted by Crippen LogP contribution is 2.39. The third kappa shape index (κ3) is 2.68. The van der Waals surface area contributed by atoms with E-state index in [2.05, 4.69) is 10.1 Å². The van der Waals surface area contributed by atoms with E-state index in [-0.39, 0.29) is 18.4 Å². The van der Waals surface area contributed by atoms with Gasteiger partial charge in [-0.25, -0.2) is 0 Å². The fraction of sp³-hybridized carbons (Fsp3) is 0.778. The minimum atomic E-state index is -0.809. The maximum absolute atomic E-state index is 9.69. The van der Waals surface area contributed by atoms with Gasteiger partial charge in [0.25, 0.3) is 0 Å². The van der Waals surface area contributed by atoms with Crippen molar-refractivity contribution in [1.82, 2.24) is 10.1 Å². The maximum Gasteiger partial charge on any atom is 0.229 e. The molecule has 3 N–H and O–H groups in total. The zero-order valence-corrected chi connectivity index (χ0v) is 9.41. The van der Waals surface area contributed by atoms with Crippen LogP contribution in [-0.2, 0) is 0 Å². The minimum absolute atomic E-state index is 0. The van der Waals surface area contributed by atoms with Crippen molar-refractivity contribution in [3.8, 4) is 0 Å². The van der Waals surface area contributed by atoms with Gasteiger partial charge in [0.1, 0.15) is 6.10 Å². The Labute approximate surface area is 94.5 Å². The van der Waals surface area contributed by atoms with E-state index in [1.165, 1.54) is 0 Å². The van der Waals surface area contributed by atoms with Gasteiger partial charge in [-0.15, -0.1) is 12.4 Å². The molecule has 0 aromatic carbocycles. The summed E-state index contributed by atoms with van der Waals surface area (Å²) in [7, 11) is 0. The number of hydrogen-bond acceptors (Lipinski definition) is 5. The van der Waals surface area contributed by atoms with E-state index >= 15 is 0 Å². The molecular weight excluding hydrogens is 218 g/mol. The molecule has 0 radical (unpaired) electrons. The highest BCUT2D eigenvalue weighted by molar-refractivity contribution is 5.85. The van der Waals surface area contributed by atoms with E-state index in [1.54, 1.807) is 0 Å². The highest BCUT2D eigenvalue weighted by atomic mass is 35.5. The molecule has 0 amide bonds. The van der Waals surface area contributed by atoms with Gasteiger partial charge < -0.3 is 15.4 Å². The molecule has 1 aromatic rings. The lowest BCUT2D eigenvalue weighted by Gasteiger charge is -2.12. The largest absolute Gasteiger partial charge is 0.383 e. The highest BCUT2D eigenvalue weighted by Gasteiger charge is 2.31. The Morgan fingerprint density at radius 1 is 1.60 bits per heavy atom. The molecule has 0 aliphatic heterocycles. The summed E-state index contributed by atoms with van der Waals surface area (Å²) in [4.78, 5) is 4.13. The lowest BCUT2D eigenvalue weighted by molar-refractivity contribution is 0.132. The topological polar surface area (TPSA) is 85.2 Å². The number of hydrogen-bond donors (Lipinski definition) is 2. The smallest absolute Gasteiger partial charge is 0.229 e. The van der Waals surface area contributed by atoms with Gasteiger partial charge in [0.15, 0.2) is 0 Å². The summed E-state index contributed by atoms with van der Waals surface area (Å²) in [5.41, 5.74) is 5.68. The summed E-state index contributed by atoms with van der Waals surface area (Å²) in [6.07, 6.45) is 2.10. The summed E-state index contributed by atoms with van der Waals surface area (Å²) in [5.74, 6) is 1.38. The van der Waals surface area contributed by atoms with Crippen molar-refractivity contribution in [1.29, 1.82) is 0 Å². The maximum atomic E-state index is 9.69. The van der Waals surface area contributed by atoms with Crippen LogP contribution in [0.25, 0.3) is 0 Å². The van der Waals surface area contributed by atoms with E-state index < -0.39 is 6.10 Å². The third-order valence-electron chi connectivity index (χ3n) is 2.53. The number of halogens is 1. The molecule has 1 aliphatic rings. The van der Waals surface area contributed by atoms with Gasteiger partial charge >= 0.3 is 0 Å². The second kappa shape index (κ2) is 4.92. The average molecular weight is 234 g/mol. The summed E-state index contributed by atoms with van der Waals surface area (Å²) in [6.45, 7) is 1.91. The van der Waals surface area contributed by atoms with Gasteiger partial charge in [-0.3, -0.25) is 0 Å². The standard InChI is InChI=1S/C9H15N3O2.ClH/c1-2-6(10)7(13)8-11-9(14-12-8)5-3-4-5;/h5-7,13H,2-4,10H2,1H3;1H/t6-,7?;/m0./s1. The first-order valence-corrected chi connectivity index (χ1v) is 4.99. The van der Waals surface area contributed by atoms with Crippen LogP contribution in [0.5, 0.6) is 0 Å². The quantitative estimate of drug-likeness (QED) is 0.815. The molecule has 1 fully saturated rings. The van der Waals surface area contributed by atoms with Crippen molar-refractivity contribution >= 4 is 12.4 Å². The molecule has 1 aliphatic carbocycles. The fourth-order valence-electron chi connectivity index (χ4n) is 1.28. The Morgan fingerprint density at radius 3 is 2.80 bits per heavy atom. The van der Waals surface area contributed by atoms with Crippen molar-refractivity contribution in [3.63, 3.8) is 0 Å². The van der Waals surface area contributed by atoms with Gasteiger partial charge in [0, 0.05) is 12.0 Å². The van der Waals surface area contributed by atoms with Crippen LogP contribution in [0.2, 0.25) is 0 Å². The molecule has 2 atom stereocenters. The third-order valence-corrected chi connectivity index (χ3v) is 2.53. The Bertz CT molecular complexity index is 314. The molecule has 86 valence electrons. The molecule has 1 unspecified atom stereocenters. The molecule has 0 bridgehead atoms. The fourth-order valence-corrected chi connectivity index (χ4v) is 1.28. The van der Waals surface area contributed by atoms with E-state index in [1.807, 2.05) is 6.92 Å². The predicted molar refractivity (Wildman–Crippen MR) is 56.7 cm³/mol. The van der Waals surface area contributed by atoms with E-state index in [9.17, 15) is 5.11 Å². The van der Waals surface area contributed by atoms with E-state index in [0.29, 0.717) is 24.1 Å². The van der Waals surface area contributed by atoms with Crippen LogP contribution >= 0.6 is 12.4 Å². The first-order valence-electron chi connectivity index (χ1n) is 4.99. The van der Waals surface area contributed by atoms with Gasteiger partial charge in [0.2, 0.25) is 11.7 Å². The summed E-state index contributed by atoms with van der Waals surface area (Å²) in [5, 5.41) is 13.4.